The molecule has 0 spiro atoms. The number of benzene rings is 1. The fraction of sp³-hybridized carbons (Fsp3) is 0.300. The van der Waals surface area contributed by atoms with Crippen LogP contribution in [0, 0.1) is 5.82 Å². The molecule has 2 aliphatic heterocycles. The molecule has 1 unspecified atom stereocenters. The van der Waals surface area contributed by atoms with Gasteiger partial charge in [0, 0.05) is 38.7 Å². The topological polar surface area (TPSA) is 55.1 Å². The standard InChI is InChI=1S/C20H19F4N5O2/c1-27-11-14(10-25-27)16-5-7-29-19(26-16)6-8-28(29)17(12-30-2)13-3-4-18(15(21)9-13)31-20(22,23)24/h3-7,9-11,17H,8,12H2,1-2H3. The van der Waals surface area contributed by atoms with Gasteiger partial charge in [0.15, 0.2) is 11.6 Å². The van der Waals surface area contributed by atoms with Gasteiger partial charge in [-0.15, -0.1) is 13.2 Å². The Kier molecular flexibility index (Phi) is 5.54. The Morgan fingerprint density at radius 1 is 1.26 bits per heavy atom. The van der Waals surface area contributed by atoms with Crippen molar-refractivity contribution < 1.29 is 27.0 Å². The van der Waals surface area contributed by atoms with Gasteiger partial charge in [-0.05, 0) is 29.8 Å². The Balaban J connectivity index is 1.56. The van der Waals surface area contributed by atoms with Crippen molar-refractivity contribution in [1.29, 1.82) is 0 Å². The van der Waals surface area contributed by atoms with Crippen LogP contribution in [0.25, 0.3) is 0 Å². The van der Waals surface area contributed by atoms with Crippen LogP contribution in [0.5, 0.6) is 5.75 Å². The van der Waals surface area contributed by atoms with Crippen LogP contribution in [-0.2, 0) is 11.8 Å². The first-order valence-corrected chi connectivity index (χ1v) is 9.31. The summed E-state index contributed by atoms with van der Waals surface area (Å²) in [4.78, 5) is 4.65. The van der Waals surface area contributed by atoms with E-state index in [9.17, 15) is 17.6 Å². The molecule has 1 atom stereocenters. The minimum atomic E-state index is -4.97. The van der Waals surface area contributed by atoms with E-state index in [1.807, 2.05) is 41.6 Å². The lowest BCUT2D eigenvalue weighted by molar-refractivity contribution is -0.275. The van der Waals surface area contributed by atoms with Crippen molar-refractivity contribution in [3.63, 3.8) is 0 Å². The number of aromatic nitrogens is 2. The Hall–Kier alpha value is -3.18. The number of hydrazine groups is 1. The lowest BCUT2D eigenvalue weighted by Crippen LogP contribution is -2.39. The maximum atomic E-state index is 14.3. The SMILES string of the molecule is COCC(c1ccc(OC(F)(F)F)c(F)c1)N1CC=C2N=C(c3cnn(C)c3)C=CN21. The van der Waals surface area contributed by atoms with Gasteiger partial charge in [0.1, 0.15) is 5.82 Å². The summed E-state index contributed by atoms with van der Waals surface area (Å²) in [7, 11) is 3.32. The number of hydrogen-bond donors (Lipinski definition) is 0. The molecule has 11 heteroatoms. The minimum Gasteiger partial charge on any atom is -0.403 e. The zero-order chi connectivity index (χ0) is 22.2. The summed E-state index contributed by atoms with van der Waals surface area (Å²) in [5.41, 5.74) is 2.06. The van der Waals surface area contributed by atoms with Gasteiger partial charge in [-0.2, -0.15) is 5.10 Å². The number of ether oxygens (including phenoxy) is 2. The molecule has 1 aromatic carbocycles. The number of methoxy groups -OCH3 is 1. The first kappa shape index (κ1) is 21.1. The van der Waals surface area contributed by atoms with Crippen molar-refractivity contribution in [3.8, 4) is 5.75 Å². The second-order valence-electron chi connectivity index (χ2n) is 6.95. The highest BCUT2D eigenvalue weighted by Gasteiger charge is 2.34. The van der Waals surface area contributed by atoms with Crippen molar-refractivity contribution in [2.45, 2.75) is 12.4 Å². The maximum Gasteiger partial charge on any atom is 0.573 e. The van der Waals surface area contributed by atoms with Gasteiger partial charge in [0.05, 0.1) is 24.6 Å². The summed E-state index contributed by atoms with van der Waals surface area (Å²) >= 11 is 0. The van der Waals surface area contributed by atoms with E-state index in [-0.39, 0.29) is 6.61 Å². The summed E-state index contributed by atoms with van der Waals surface area (Å²) in [6, 6.07) is 2.92. The van der Waals surface area contributed by atoms with E-state index in [4.69, 9.17) is 4.74 Å². The van der Waals surface area contributed by atoms with Crippen LogP contribution in [0.2, 0.25) is 0 Å². The molecular formula is C20H19F4N5O2. The van der Waals surface area contributed by atoms with E-state index in [2.05, 4.69) is 14.8 Å². The van der Waals surface area contributed by atoms with E-state index in [0.717, 1.165) is 23.4 Å². The quantitative estimate of drug-likeness (QED) is 0.648. The second-order valence-corrected chi connectivity index (χ2v) is 6.95. The van der Waals surface area contributed by atoms with Crippen LogP contribution >= 0.6 is 0 Å². The highest BCUT2D eigenvalue weighted by atomic mass is 19.4. The highest BCUT2D eigenvalue weighted by molar-refractivity contribution is 6.09. The first-order chi connectivity index (χ1) is 14.7. The molecule has 3 heterocycles. The van der Waals surface area contributed by atoms with Gasteiger partial charge in [0.25, 0.3) is 0 Å². The Labute approximate surface area is 175 Å². The summed E-state index contributed by atoms with van der Waals surface area (Å²) in [6.07, 6.45) is 4.16. The third-order valence-corrected chi connectivity index (χ3v) is 4.83. The van der Waals surface area contributed by atoms with Crippen molar-refractivity contribution in [2.75, 3.05) is 20.3 Å². The van der Waals surface area contributed by atoms with Gasteiger partial charge >= 0.3 is 6.36 Å². The van der Waals surface area contributed by atoms with Gasteiger partial charge < -0.3 is 9.47 Å². The van der Waals surface area contributed by atoms with Gasteiger partial charge in [-0.3, -0.25) is 9.69 Å². The second kappa shape index (κ2) is 8.16. The Morgan fingerprint density at radius 2 is 2.06 bits per heavy atom. The van der Waals surface area contributed by atoms with Crippen LogP contribution in [0.1, 0.15) is 17.2 Å². The third kappa shape index (κ3) is 4.47. The molecule has 0 amide bonds. The van der Waals surface area contributed by atoms with E-state index in [1.54, 1.807) is 10.9 Å². The largest absolute Gasteiger partial charge is 0.573 e. The summed E-state index contributed by atoms with van der Waals surface area (Å²) in [6.45, 7) is 0.642. The van der Waals surface area contributed by atoms with E-state index in [0.29, 0.717) is 17.9 Å². The van der Waals surface area contributed by atoms with E-state index < -0.39 is 24.0 Å². The Bertz CT molecular complexity index is 1060. The molecule has 0 fully saturated rings. The average molecular weight is 437 g/mol. The number of hydrogen-bond acceptors (Lipinski definition) is 6. The zero-order valence-electron chi connectivity index (χ0n) is 16.7. The maximum absolute atomic E-state index is 14.3. The predicted molar refractivity (Wildman–Crippen MR) is 103 cm³/mol. The fourth-order valence-electron chi connectivity index (χ4n) is 3.48. The normalized spacial score (nSPS) is 17.4. The monoisotopic (exact) mass is 437 g/mol. The van der Waals surface area contributed by atoms with Crippen molar-refractivity contribution in [2.24, 2.45) is 12.0 Å². The van der Waals surface area contributed by atoms with Gasteiger partial charge in [-0.1, -0.05) is 6.07 Å². The number of nitrogens with zero attached hydrogens (tertiary/aromatic N) is 5. The molecule has 0 aliphatic carbocycles. The highest BCUT2D eigenvalue weighted by Crippen LogP contribution is 2.34. The van der Waals surface area contributed by atoms with Crippen LogP contribution in [-0.4, -0.2) is 52.1 Å². The number of fused-ring (bicyclic) bond motifs is 1. The molecule has 4 rings (SSSR count). The molecule has 0 radical (unpaired) electrons. The third-order valence-electron chi connectivity index (χ3n) is 4.83. The summed E-state index contributed by atoms with van der Waals surface area (Å²) in [5, 5.41) is 7.84. The molecule has 0 bridgehead atoms. The summed E-state index contributed by atoms with van der Waals surface area (Å²) in [5.74, 6) is -1.30. The zero-order valence-corrected chi connectivity index (χ0v) is 16.7. The number of alkyl halides is 3. The molecule has 0 N–H and O–H groups in total. The minimum absolute atomic E-state index is 0.184. The fourth-order valence-corrected chi connectivity index (χ4v) is 3.48. The van der Waals surface area contributed by atoms with Crippen molar-refractivity contribution in [3.05, 3.63) is 71.7 Å². The molecule has 2 aliphatic rings. The Morgan fingerprint density at radius 3 is 2.71 bits per heavy atom. The smallest absolute Gasteiger partial charge is 0.403 e. The molecule has 1 aromatic heterocycles. The van der Waals surface area contributed by atoms with Gasteiger partial charge in [-0.25, -0.2) is 14.4 Å². The number of rotatable bonds is 6. The average Bonchev–Trinajstić information content (AvgIpc) is 3.32. The van der Waals surface area contributed by atoms with E-state index >= 15 is 0 Å². The molecule has 2 aromatic rings. The predicted octanol–water partition coefficient (Wildman–Crippen LogP) is 3.54. The first-order valence-electron chi connectivity index (χ1n) is 9.31. The van der Waals surface area contributed by atoms with Gasteiger partial charge in [0.2, 0.25) is 0 Å². The van der Waals surface area contributed by atoms with Crippen molar-refractivity contribution in [1.82, 2.24) is 19.8 Å². The lowest BCUT2D eigenvalue weighted by atomic mass is 10.1. The molecule has 7 nitrogen and oxygen atoms in total. The summed E-state index contributed by atoms with van der Waals surface area (Å²) < 4.78 is 62.3. The van der Waals surface area contributed by atoms with Crippen LogP contribution < -0.4 is 4.74 Å². The van der Waals surface area contributed by atoms with Crippen molar-refractivity contribution >= 4 is 5.71 Å². The molecule has 164 valence electrons. The van der Waals surface area contributed by atoms with E-state index in [1.165, 1.54) is 13.2 Å². The number of aryl methyl sites for hydroxylation is 1. The van der Waals surface area contributed by atoms with Crippen LogP contribution in [0.15, 0.2) is 59.8 Å². The lowest BCUT2D eigenvalue weighted by Gasteiger charge is -2.36. The molecule has 31 heavy (non-hydrogen) atoms. The number of allylic oxidation sites excluding steroid dienone is 1. The van der Waals surface area contributed by atoms with Crippen LogP contribution in [0.4, 0.5) is 17.6 Å². The number of halogens is 4. The number of aliphatic imine (C=N–C) groups is 1. The molecule has 0 saturated heterocycles. The molecular weight excluding hydrogens is 418 g/mol. The molecule has 0 saturated carbocycles. The van der Waals surface area contributed by atoms with Crippen LogP contribution in [0.3, 0.4) is 0 Å².